The number of para-hydroxylation sites is 1. The summed E-state index contributed by atoms with van der Waals surface area (Å²) in [5.74, 6) is -12.4. The molecule has 9 atom stereocenters. The second-order valence-electron chi connectivity index (χ2n) is 27.5. The molecule has 0 radical (unpaired) electrons. The second-order valence-corrected chi connectivity index (χ2v) is 27.5. The molecule has 632 valence electrons. The van der Waals surface area contributed by atoms with Crippen LogP contribution < -0.4 is 107 Å². The fourth-order valence-corrected chi connectivity index (χ4v) is 12.1. The number of hydrogen-bond donors (Lipinski definition) is 21. The molecule has 0 bridgehead atoms. The average molecular weight is 1630 g/mol. The maximum atomic E-state index is 14.8. The molecule has 44 heteroatoms. The van der Waals surface area contributed by atoms with E-state index in [2.05, 4.69) is 69.1 Å². The Balaban J connectivity index is 1.39. The quantitative estimate of drug-likeness (QED) is 0.00553. The molecule has 1 aliphatic heterocycles. The van der Waals surface area contributed by atoms with E-state index in [1.807, 2.05) is 0 Å². The van der Waals surface area contributed by atoms with Crippen molar-refractivity contribution in [2.45, 2.75) is 171 Å². The number of primary amides is 1. The molecule has 0 aliphatic carbocycles. The molecule has 5 rings (SSSR count). The van der Waals surface area contributed by atoms with Crippen LogP contribution in [0.15, 0.2) is 82.0 Å². The minimum absolute atomic E-state index is 0.00233. The Morgan fingerprint density at radius 1 is 0.595 bits per heavy atom. The molecule has 9 unspecified atom stereocenters. The Kier molecular flexibility index (Phi) is 37.8. The summed E-state index contributed by atoms with van der Waals surface area (Å²) in [5.41, 5.74) is 19.6. The number of likely N-dealkylation sites (tertiary alicyclic amines) is 1. The number of guanidine groups is 3. The fraction of sp³-hybridized carbons (Fsp3) is 0.500. The van der Waals surface area contributed by atoms with Crippen LogP contribution in [0, 0.1) is 42.4 Å². The molecule has 4 aromatic rings. The minimum atomic E-state index is -1.89. The van der Waals surface area contributed by atoms with Gasteiger partial charge in [-0.1, -0.05) is 32.0 Å². The highest BCUT2D eigenvalue weighted by atomic mass is 16.6. The van der Waals surface area contributed by atoms with E-state index in [0.717, 1.165) is 25.1 Å². The van der Waals surface area contributed by atoms with E-state index in [0.29, 0.717) is 29.4 Å². The molecule has 0 spiro atoms. The number of methoxy groups -OCH3 is 1. The van der Waals surface area contributed by atoms with Crippen LogP contribution >= 0.6 is 0 Å². The van der Waals surface area contributed by atoms with Gasteiger partial charge < -0.3 is 116 Å². The van der Waals surface area contributed by atoms with Gasteiger partial charge in [-0.15, -0.1) is 0 Å². The summed E-state index contributed by atoms with van der Waals surface area (Å²) in [4.78, 5) is 203. The highest BCUT2D eigenvalue weighted by Crippen LogP contribution is 2.30. The number of carbonyl (C=O) groups is 12. The highest BCUT2D eigenvalue weighted by Gasteiger charge is 2.40. The van der Waals surface area contributed by atoms with E-state index in [1.54, 1.807) is 56.3 Å². The first-order valence-corrected chi connectivity index (χ1v) is 37.2. The van der Waals surface area contributed by atoms with E-state index in [-0.39, 0.29) is 139 Å². The Morgan fingerprint density at radius 2 is 1.16 bits per heavy atom. The van der Waals surface area contributed by atoms with E-state index >= 15 is 0 Å². The number of carboxylic acids is 1. The van der Waals surface area contributed by atoms with Crippen LogP contribution in [0.3, 0.4) is 0 Å². The van der Waals surface area contributed by atoms with Gasteiger partial charge in [0.1, 0.15) is 77.1 Å². The van der Waals surface area contributed by atoms with Crippen LogP contribution in [0.25, 0.3) is 11.0 Å². The third-order valence-corrected chi connectivity index (χ3v) is 18.0. The zero-order valence-corrected chi connectivity index (χ0v) is 64.5. The normalized spacial score (nSPS) is 14.3. The number of rotatable bonds is 50. The minimum Gasteiger partial charge on any atom is -0.497 e. The SMILES string of the molecule is COc1ccc2c(CC(=O)NC(CCCNC(=N)N)C(=O)N3CCCC3C(=O)NC(CC(C)C)C(=O)NCC(=O)NC(CCCCOc3ccccc3)C(=O)NC(CNc3ccc([N+](=O)[O-])cc3[N+](=O)[O-])C(=O)NC(C)C(=O)NC(CCCNC(=N)N)C(=O)NC(CCC(=O)O)C(=O)NC(CCCNC(=N)N)C(N)=O)cc(=O)oc2c1. The number of amides is 11. The van der Waals surface area contributed by atoms with Gasteiger partial charge >= 0.3 is 11.6 Å². The molecule has 116 heavy (non-hydrogen) atoms. The lowest BCUT2D eigenvalue weighted by atomic mass is 10.0. The number of unbranched alkanes of at least 4 members (excludes halogenated alkanes) is 1. The van der Waals surface area contributed by atoms with E-state index in [9.17, 15) is 87.7 Å². The second kappa shape index (κ2) is 47.1. The average Bonchev–Trinajstić information content (AvgIpc) is 1.06. The highest BCUT2D eigenvalue weighted by molar-refractivity contribution is 5.99. The predicted molar refractivity (Wildman–Crippen MR) is 419 cm³/mol. The number of carbonyl (C=O) groups excluding carboxylic acids is 11. The summed E-state index contributed by atoms with van der Waals surface area (Å²) < 4.78 is 16.4. The van der Waals surface area contributed by atoms with Crippen molar-refractivity contribution in [1.82, 2.24) is 68.7 Å². The van der Waals surface area contributed by atoms with Gasteiger partial charge in [-0.05, 0) is 132 Å². The number of nitrogens with one attached hydrogen (secondary N) is 16. The van der Waals surface area contributed by atoms with Crippen molar-refractivity contribution >= 4 is 117 Å². The number of hydrogen-bond acceptors (Lipinski definition) is 24. The Hall–Kier alpha value is -13.5. The maximum Gasteiger partial charge on any atom is 0.336 e. The van der Waals surface area contributed by atoms with Gasteiger partial charge in [0, 0.05) is 62.7 Å². The Morgan fingerprint density at radius 3 is 1.74 bits per heavy atom. The lowest BCUT2D eigenvalue weighted by molar-refractivity contribution is -0.393. The fourth-order valence-electron chi connectivity index (χ4n) is 12.1. The number of anilines is 1. The lowest BCUT2D eigenvalue weighted by Gasteiger charge is -2.30. The summed E-state index contributed by atoms with van der Waals surface area (Å²) >= 11 is 0. The zero-order chi connectivity index (χ0) is 85.7. The first-order chi connectivity index (χ1) is 55.0. The van der Waals surface area contributed by atoms with Gasteiger partial charge in [0.25, 0.3) is 11.4 Å². The standard InChI is InChI=1S/C72H103N23O21/c1-39(2)32-52(91-68(108)54-20-13-30-93(54)69(109)51(19-12-29-82-72(78)79)87-57(96)33-41-34-60(100)116-56-36-44(114-4)22-23-45(41)56)63(103)84-38-58(97)86-48(16-8-9-31-115-43-14-6-5-7-15-43)64(104)92-53(37-83-46-24-21-42(94(110)111)35-55(46)95(112)113)67(107)85-40(3)62(102)89-49(18-11-28-81-71(76)77)65(105)90-50(25-26-59(98)99)66(106)88-47(61(73)101)17-10-27-80-70(74)75/h5-7,14-15,21-24,34-36,39-40,47-54,83H,8-13,16-20,25-33,37-38H2,1-4H3,(H2,73,101)(H,84,103)(H,85,107)(H,86,97)(H,87,96)(H,88,106)(H,89,102)(H,90,105)(H,91,108)(H,92,104)(H,98,99)(H4,74,75,80)(H4,76,77,81)(H4,78,79,82). The molecular formula is C72H103N23O21. The number of fused-ring (bicyclic) bond motifs is 1. The van der Waals surface area contributed by atoms with E-state index in [1.165, 1.54) is 18.1 Å². The Bertz CT molecular complexity index is 4240. The molecule has 0 saturated carbocycles. The van der Waals surface area contributed by atoms with Crippen LogP contribution in [0.1, 0.15) is 116 Å². The summed E-state index contributed by atoms with van der Waals surface area (Å²) in [6.45, 7) is 3.35. The third-order valence-electron chi connectivity index (χ3n) is 18.0. The molecule has 2 heterocycles. The number of nitro benzene ring substituents is 2. The molecule has 11 amide bonds. The molecule has 1 fully saturated rings. The van der Waals surface area contributed by atoms with Crippen LogP contribution in [0.4, 0.5) is 17.1 Å². The first kappa shape index (κ1) is 93.1. The van der Waals surface area contributed by atoms with Gasteiger partial charge in [-0.2, -0.15) is 0 Å². The topological polar surface area (TPSA) is 695 Å². The van der Waals surface area contributed by atoms with E-state index < -0.39 is 190 Å². The zero-order valence-electron chi connectivity index (χ0n) is 64.5. The van der Waals surface area contributed by atoms with Crippen LogP contribution in [0.2, 0.25) is 0 Å². The number of aliphatic carboxylic acids is 1. The lowest BCUT2D eigenvalue weighted by Crippen LogP contribution is -2.60. The number of non-ortho nitro benzene ring substituents is 1. The molecule has 25 N–H and O–H groups in total. The summed E-state index contributed by atoms with van der Waals surface area (Å²) in [6.07, 6.45) is -0.988. The van der Waals surface area contributed by atoms with Crippen LogP contribution in [0.5, 0.6) is 11.5 Å². The largest absolute Gasteiger partial charge is 0.497 e. The molecule has 1 saturated heterocycles. The van der Waals surface area contributed by atoms with Crippen molar-refractivity contribution in [3.8, 4) is 11.5 Å². The van der Waals surface area contributed by atoms with Crippen molar-refractivity contribution in [1.29, 1.82) is 16.2 Å². The number of benzene rings is 3. The van der Waals surface area contributed by atoms with Gasteiger partial charge in [-0.25, -0.2) is 4.79 Å². The number of nitrogens with zero attached hydrogens (tertiary/aromatic N) is 3. The number of ether oxygens (including phenoxy) is 2. The first-order valence-electron chi connectivity index (χ1n) is 37.2. The number of nitrogens with two attached hydrogens (primary N) is 4. The molecule has 3 aromatic carbocycles. The van der Waals surface area contributed by atoms with Gasteiger partial charge in [-0.3, -0.25) is 94.0 Å². The van der Waals surface area contributed by atoms with Crippen molar-refractivity contribution < 1.29 is 86.4 Å². The number of carboxylic acid groups (broad SMARTS) is 1. The van der Waals surface area contributed by atoms with E-state index in [4.69, 9.17) is 53.1 Å². The maximum absolute atomic E-state index is 14.8. The smallest absolute Gasteiger partial charge is 0.336 e. The number of nitro groups is 2. The summed E-state index contributed by atoms with van der Waals surface area (Å²) in [5, 5.41) is 89.5. The van der Waals surface area contributed by atoms with Crippen molar-refractivity contribution in [3.63, 3.8) is 0 Å². The molecule has 1 aromatic heterocycles. The summed E-state index contributed by atoms with van der Waals surface area (Å²) in [7, 11) is 1.42. The monoisotopic (exact) mass is 1630 g/mol. The predicted octanol–water partition coefficient (Wildman–Crippen LogP) is -2.29. The third kappa shape index (κ3) is 32.0. The summed E-state index contributed by atoms with van der Waals surface area (Å²) in [6, 6.07) is 3.42. The Labute approximate surface area is 664 Å². The van der Waals surface area contributed by atoms with Crippen LogP contribution in [-0.2, 0) is 64.0 Å². The van der Waals surface area contributed by atoms with Crippen molar-refractivity contribution in [3.05, 3.63) is 109 Å². The molecular weight excluding hydrogens is 1520 g/mol. The van der Waals surface area contributed by atoms with Crippen molar-refractivity contribution in [2.75, 3.05) is 58.3 Å². The van der Waals surface area contributed by atoms with Crippen molar-refractivity contribution in [2.24, 2.45) is 28.9 Å². The van der Waals surface area contributed by atoms with Crippen LogP contribution in [-0.4, -0.2) is 216 Å². The molecule has 1 aliphatic rings. The van der Waals surface area contributed by atoms with Gasteiger partial charge in [0.05, 0.1) is 42.6 Å². The molecule has 44 nitrogen and oxygen atoms in total. The van der Waals surface area contributed by atoms with Gasteiger partial charge in [0.2, 0.25) is 65.0 Å². The van der Waals surface area contributed by atoms with Gasteiger partial charge in [0.15, 0.2) is 17.9 Å².